The lowest BCUT2D eigenvalue weighted by molar-refractivity contribution is 0.000101. The summed E-state index contributed by atoms with van der Waals surface area (Å²) in [4.78, 5) is 0. The highest BCUT2D eigenvalue weighted by Crippen LogP contribution is 2.43. The molecule has 9 heteroatoms. The Labute approximate surface area is 326 Å². The van der Waals surface area contributed by atoms with E-state index < -0.39 is 24.0 Å². The molecule has 6 aromatic carbocycles. The second kappa shape index (κ2) is 16.7. The zero-order valence-corrected chi connectivity index (χ0v) is 34.0. The minimum absolute atomic E-state index is 0.136. The molecule has 0 amide bonds. The van der Waals surface area contributed by atoms with Crippen molar-refractivity contribution >= 4 is 28.8 Å². The van der Waals surface area contributed by atoms with Gasteiger partial charge in [-0.15, -0.1) is 0 Å². The molecule has 7 nitrogen and oxygen atoms in total. The van der Waals surface area contributed by atoms with Crippen LogP contribution in [-0.2, 0) is 37.9 Å². The average molecular weight is 773 g/mol. The van der Waals surface area contributed by atoms with Crippen molar-refractivity contribution in [2.45, 2.75) is 44.6 Å². The summed E-state index contributed by atoms with van der Waals surface area (Å²) in [5.41, 5.74) is 3.06. The molecule has 0 aromatic heterocycles. The predicted molar refractivity (Wildman–Crippen MR) is 221 cm³/mol. The number of rotatable bonds is 15. The van der Waals surface area contributed by atoms with E-state index in [1.54, 1.807) is 14.2 Å². The number of hydrogen-bond donors (Lipinski definition) is 0. The van der Waals surface area contributed by atoms with Crippen molar-refractivity contribution in [3.8, 4) is 17.2 Å². The van der Waals surface area contributed by atoms with Crippen LogP contribution >= 0.6 is 0 Å². The van der Waals surface area contributed by atoms with Crippen LogP contribution in [0.4, 0.5) is 0 Å². The van der Waals surface area contributed by atoms with E-state index in [0.717, 1.165) is 50.4 Å². The van der Waals surface area contributed by atoms with Gasteiger partial charge in [-0.3, -0.25) is 4.18 Å². The molecule has 6 rings (SSSR count). The van der Waals surface area contributed by atoms with E-state index in [2.05, 4.69) is 57.2 Å². The van der Waals surface area contributed by atoms with E-state index >= 15 is 0 Å². The fraction of sp³-hybridized carbons (Fsp3) is 0.217. The van der Waals surface area contributed by atoms with Crippen LogP contribution in [0.25, 0.3) is 0 Å². The highest BCUT2D eigenvalue weighted by Gasteiger charge is 2.52. The minimum Gasteiger partial charge on any atom is -0.534 e. The third-order valence-electron chi connectivity index (χ3n) is 9.78. The molecule has 0 saturated heterocycles. The SMILES string of the molecule is COc1ccc(C(OCc2cc(COS(C)(=O)=O)cc(O[Si](c3ccccc3)(c3ccccc3)C(C)(C)C)c2)(c2ccccc2)c2ccc(OC)cc2)cc1. The molecular formula is C46H48O7SSi. The summed E-state index contributed by atoms with van der Waals surface area (Å²) >= 11 is 0. The van der Waals surface area contributed by atoms with Crippen molar-refractivity contribution in [2.75, 3.05) is 20.5 Å². The van der Waals surface area contributed by atoms with E-state index in [0.29, 0.717) is 11.3 Å². The lowest BCUT2D eigenvalue weighted by atomic mass is 9.80. The summed E-state index contributed by atoms with van der Waals surface area (Å²) in [5, 5.41) is 1.93. The maximum atomic E-state index is 12.2. The molecule has 0 atom stereocenters. The number of hydrogen-bond acceptors (Lipinski definition) is 7. The summed E-state index contributed by atoms with van der Waals surface area (Å²) in [5.74, 6) is 2.05. The van der Waals surface area contributed by atoms with Crippen LogP contribution in [0.15, 0.2) is 158 Å². The largest absolute Gasteiger partial charge is 0.534 e. The first kappa shape index (κ1) is 39.5. The van der Waals surface area contributed by atoms with E-state index in [-0.39, 0.29) is 18.3 Å². The molecule has 6 aromatic rings. The minimum atomic E-state index is -3.73. The zero-order chi connectivity index (χ0) is 39.1. The van der Waals surface area contributed by atoms with Gasteiger partial charge >= 0.3 is 8.32 Å². The van der Waals surface area contributed by atoms with Gasteiger partial charge in [0.2, 0.25) is 0 Å². The van der Waals surface area contributed by atoms with Gasteiger partial charge in [-0.1, -0.05) is 142 Å². The lowest BCUT2D eigenvalue weighted by Crippen LogP contribution is -2.68. The van der Waals surface area contributed by atoms with Crippen LogP contribution in [0.2, 0.25) is 5.04 Å². The van der Waals surface area contributed by atoms with E-state index in [1.165, 1.54) is 0 Å². The smallest absolute Gasteiger partial charge is 0.319 e. The summed E-state index contributed by atoms with van der Waals surface area (Å²) in [6.45, 7) is 6.63. The van der Waals surface area contributed by atoms with Crippen molar-refractivity contribution < 1.29 is 31.2 Å². The first-order chi connectivity index (χ1) is 26.4. The number of benzene rings is 6. The van der Waals surface area contributed by atoms with Gasteiger partial charge in [0.1, 0.15) is 22.8 Å². The molecule has 0 radical (unpaired) electrons. The van der Waals surface area contributed by atoms with Crippen LogP contribution in [0.1, 0.15) is 48.6 Å². The van der Waals surface area contributed by atoms with Crippen LogP contribution in [0.3, 0.4) is 0 Å². The van der Waals surface area contributed by atoms with E-state index in [9.17, 15) is 8.42 Å². The molecule has 0 aliphatic heterocycles. The van der Waals surface area contributed by atoms with E-state index in [1.807, 2.05) is 121 Å². The molecule has 0 unspecified atom stereocenters. The van der Waals surface area contributed by atoms with Gasteiger partial charge in [0.05, 0.1) is 33.7 Å². The standard InChI is InChI=1S/C46H48O7SSi/c1-45(2,3)55(43-18-12-8-13-19-43,44-20-14-9-15-21-44)53-42-31-35(30-36(32-42)34-52-54(6,47)48)33-51-46(37-16-10-7-11-17-37,38-22-26-40(49-4)27-23-38)39-24-28-41(50-5)29-25-39/h7-32H,33-34H2,1-6H3. The molecule has 0 spiro atoms. The Kier molecular flexibility index (Phi) is 12.0. The normalized spacial score (nSPS) is 12.3. The van der Waals surface area contributed by atoms with Gasteiger partial charge in [-0.05, 0) is 79.6 Å². The predicted octanol–water partition coefficient (Wildman–Crippen LogP) is 8.63. The molecule has 0 bridgehead atoms. The maximum absolute atomic E-state index is 12.2. The first-order valence-corrected chi connectivity index (χ1v) is 21.9. The van der Waals surface area contributed by atoms with Gasteiger partial charge in [0.15, 0.2) is 0 Å². The van der Waals surface area contributed by atoms with Crippen molar-refractivity contribution in [3.05, 3.63) is 186 Å². The van der Waals surface area contributed by atoms with Gasteiger partial charge < -0.3 is 18.6 Å². The van der Waals surface area contributed by atoms with Crippen molar-refractivity contribution in [3.63, 3.8) is 0 Å². The number of ether oxygens (including phenoxy) is 3. The Hall–Kier alpha value is -5.19. The van der Waals surface area contributed by atoms with Gasteiger partial charge in [-0.25, -0.2) is 0 Å². The van der Waals surface area contributed by atoms with Crippen molar-refractivity contribution in [1.82, 2.24) is 0 Å². The van der Waals surface area contributed by atoms with Gasteiger partial charge in [0.25, 0.3) is 10.1 Å². The third-order valence-corrected chi connectivity index (χ3v) is 15.3. The molecule has 55 heavy (non-hydrogen) atoms. The first-order valence-electron chi connectivity index (χ1n) is 18.1. The Morgan fingerprint density at radius 3 is 1.36 bits per heavy atom. The molecule has 0 saturated carbocycles. The van der Waals surface area contributed by atoms with Crippen LogP contribution < -0.4 is 24.3 Å². The molecule has 0 aliphatic rings. The Morgan fingerprint density at radius 2 is 0.945 bits per heavy atom. The highest BCUT2D eigenvalue weighted by atomic mass is 32.2. The summed E-state index contributed by atoms with van der Waals surface area (Å²) in [6.07, 6.45) is 1.05. The Balaban J connectivity index is 1.52. The molecular weight excluding hydrogens is 725 g/mol. The third kappa shape index (κ3) is 8.71. The van der Waals surface area contributed by atoms with Crippen molar-refractivity contribution in [2.24, 2.45) is 0 Å². The van der Waals surface area contributed by atoms with Crippen molar-refractivity contribution in [1.29, 1.82) is 0 Å². The second-order valence-electron chi connectivity index (χ2n) is 14.5. The lowest BCUT2D eigenvalue weighted by Gasteiger charge is -2.43. The average Bonchev–Trinajstić information content (AvgIpc) is 3.20. The monoisotopic (exact) mass is 772 g/mol. The Bertz CT molecular complexity index is 2170. The van der Waals surface area contributed by atoms with E-state index in [4.69, 9.17) is 22.8 Å². The fourth-order valence-electron chi connectivity index (χ4n) is 7.22. The quantitative estimate of drug-likeness (QED) is 0.0588. The summed E-state index contributed by atoms with van der Waals surface area (Å²) in [7, 11) is -3.50. The molecule has 284 valence electrons. The molecule has 0 heterocycles. The molecule has 0 N–H and O–H groups in total. The van der Waals surface area contributed by atoms with Gasteiger partial charge in [-0.2, -0.15) is 8.42 Å². The summed E-state index contributed by atoms with van der Waals surface area (Å²) < 4.78 is 55.6. The summed E-state index contributed by atoms with van der Waals surface area (Å²) in [6, 6.07) is 52.5. The van der Waals surface area contributed by atoms with Crippen LogP contribution in [0.5, 0.6) is 17.2 Å². The molecule has 0 aliphatic carbocycles. The zero-order valence-electron chi connectivity index (χ0n) is 32.2. The van der Waals surface area contributed by atoms with Crippen LogP contribution in [0, 0.1) is 0 Å². The van der Waals surface area contributed by atoms with Gasteiger partial charge in [0, 0.05) is 0 Å². The Morgan fingerprint density at radius 1 is 0.527 bits per heavy atom. The fourth-order valence-corrected chi connectivity index (χ4v) is 12.0. The highest BCUT2D eigenvalue weighted by molar-refractivity contribution is 7.85. The maximum Gasteiger partial charge on any atom is 0.319 e. The van der Waals surface area contributed by atoms with Crippen LogP contribution in [-0.4, -0.2) is 37.2 Å². The topological polar surface area (TPSA) is 80.3 Å². The number of methoxy groups -OCH3 is 2. The second-order valence-corrected chi connectivity index (χ2v) is 20.4. The molecule has 0 fully saturated rings.